The van der Waals surface area contributed by atoms with E-state index in [0.717, 1.165) is 6.42 Å². The van der Waals surface area contributed by atoms with E-state index in [1.165, 1.54) is 0 Å². The van der Waals surface area contributed by atoms with Gasteiger partial charge in [0.25, 0.3) is 0 Å². The van der Waals surface area contributed by atoms with Gasteiger partial charge in [-0.3, -0.25) is 0 Å². The van der Waals surface area contributed by atoms with Crippen LogP contribution in [0.3, 0.4) is 0 Å². The van der Waals surface area contributed by atoms with E-state index in [9.17, 15) is 5.11 Å². The normalized spacial score (nSPS) is 25.0. The Morgan fingerprint density at radius 2 is 2.32 bits per heavy atom. The smallest absolute Gasteiger partial charge is 0.229 e. The van der Waals surface area contributed by atoms with Crippen molar-refractivity contribution in [3.05, 3.63) is 6.20 Å². The van der Waals surface area contributed by atoms with Gasteiger partial charge in [0.1, 0.15) is 11.5 Å². The first-order chi connectivity index (χ1) is 10.6. The van der Waals surface area contributed by atoms with Crippen molar-refractivity contribution in [1.29, 1.82) is 0 Å². The Bertz CT molecular complexity index is 661. The highest BCUT2D eigenvalue weighted by Crippen LogP contribution is 2.31. The molecule has 0 saturated carbocycles. The van der Waals surface area contributed by atoms with Crippen molar-refractivity contribution < 1.29 is 19.7 Å². The molecule has 3 atom stereocenters. The second-order valence-corrected chi connectivity index (χ2v) is 5.20. The highest BCUT2D eigenvalue weighted by atomic mass is 16.5. The lowest BCUT2D eigenvalue weighted by atomic mass is 10.2. The maximum Gasteiger partial charge on any atom is 0.229 e. The van der Waals surface area contributed by atoms with Crippen molar-refractivity contribution in [1.82, 2.24) is 19.7 Å². The lowest BCUT2D eigenvalue weighted by molar-refractivity contribution is -0.0482. The third-order valence-electron chi connectivity index (χ3n) is 3.50. The molecule has 1 saturated heterocycles. The van der Waals surface area contributed by atoms with Crippen LogP contribution in [0.4, 0.5) is 5.95 Å². The van der Waals surface area contributed by atoms with Crippen molar-refractivity contribution in [2.45, 2.75) is 38.2 Å². The van der Waals surface area contributed by atoms with E-state index in [0.29, 0.717) is 29.9 Å². The molecule has 9 heteroatoms. The zero-order valence-corrected chi connectivity index (χ0v) is 12.2. The van der Waals surface area contributed by atoms with Crippen molar-refractivity contribution in [3.8, 4) is 5.88 Å². The Balaban J connectivity index is 1.92. The van der Waals surface area contributed by atoms with E-state index in [2.05, 4.69) is 15.1 Å². The molecule has 1 aliphatic heterocycles. The van der Waals surface area contributed by atoms with Crippen LogP contribution >= 0.6 is 0 Å². The minimum absolute atomic E-state index is 0.0875. The van der Waals surface area contributed by atoms with Gasteiger partial charge in [-0.05, 0) is 6.42 Å². The Labute approximate surface area is 126 Å². The summed E-state index contributed by atoms with van der Waals surface area (Å²) in [7, 11) is 0. The van der Waals surface area contributed by atoms with Gasteiger partial charge in [0.15, 0.2) is 11.9 Å². The first kappa shape index (κ1) is 14.9. The Kier molecular flexibility index (Phi) is 4.10. The number of rotatable bonds is 5. The number of ether oxygens (including phenoxy) is 2. The lowest BCUT2D eigenvalue weighted by Gasteiger charge is -2.11. The summed E-state index contributed by atoms with van der Waals surface area (Å²) in [6, 6.07) is 0. The fourth-order valence-electron chi connectivity index (χ4n) is 2.41. The summed E-state index contributed by atoms with van der Waals surface area (Å²) < 4.78 is 12.7. The van der Waals surface area contributed by atoms with E-state index >= 15 is 0 Å². The van der Waals surface area contributed by atoms with E-state index in [1.807, 2.05) is 6.92 Å². The molecule has 0 spiro atoms. The summed E-state index contributed by atoms with van der Waals surface area (Å²) in [4.78, 5) is 8.17. The quantitative estimate of drug-likeness (QED) is 0.695. The molecule has 1 fully saturated rings. The molecule has 1 aliphatic rings. The monoisotopic (exact) mass is 309 g/mol. The average Bonchev–Trinajstić information content (AvgIpc) is 3.07. The van der Waals surface area contributed by atoms with Crippen molar-refractivity contribution in [3.63, 3.8) is 0 Å². The highest BCUT2D eigenvalue weighted by molar-refractivity contribution is 5.80. The Morgan fingerprint density at radius 1 is 1.50 bits per heavy atom. The zero-order valence-electron chi connectivity index (χ0n) is 12.2. The van der Waals surface area contributed by atoms with Gasteiger partial charge >= 0.3 is 0 Å². The SMILES string of the molecule is CCCOc1nc(N)nc2nn([C@H]3C[C@H](O)[C@@H](CO)O3)cc12. The lowest BCUT2D eigenvalue weighted by Crippen LogP contribution is -2.24. The second-order valence-electron chi connectivity index (χ2n) is 5.20. The third kappa shape index (κ3) is 2.70. The van der Waals surface area contributed by atoms with Gasteiger partial charge in [-0.2, -0.15) is 9.97 Å². The molecule has 0 radical (unpaired) electrons. The number of aromatic nitrogens is 4. The molecule has 0 unspecified atom stereocenters. The maximum absolute atomic E-state index is 9.81. The molecule has 0 aliphatic carbocycles. The summed E-state index contributed by atoms with van der Waals surface area (Å²) in [5.74, 6) is 0.470. The zero-order chi connectivity index (χ0) is 15.7. The number of nitrogen functional groups attached to an aromatic ring is 1. The molecule has 0 aromatic carbocycles. The number of fused-ring (bicyclic) bond motifs is 1. The van der Waals surface area contributed by atoms with Crippen LogP contribution in [0.25, 0.3) is 11.0 Å². The molecule has 3 heterocycles. The predicted molar refractivity (Wildman–Crippen MR) is 77.1 cm³/mol. The van der Waals surface area contributed by atoms with Gasteiger partial charge in [0.2, 0.25) is 11.8 Å². The third-order valence-corrected chi connectivity index (χ3v) is 3.50. The predicted octanol–water partition coefficient (Wildman–Crippen LogP) is -0.162. The fraction of sp³-hybridized carbons (Fsp3) is 0.615. The Morgan fingerprint density at radius 3 is 3.00 bits per heavy atom. The summed E-state index contributed by atoms with van der Waals surface area (Å²) in [6.07, 6.45) is 1.08. The molecular weight excluding hydrogens is 290 g/mol. The molecule has 0 amide bonds. The van der Waals surface area contributed by atoms with Crippen LogP contribution in [0.2, 0.25) is 0 Å². The first-order valence-corrected chi connectivity index (χ1v) is 7.22. The topological polar surface area (TPSA) is 129 Å². The number of aliphatic hydroxyl groups excluding tert-OH is 2. The Hall–Kier alpha value is -1.97. The maximum atomic E-state index is 9.81. The second kappa shape index (κ2) is 6.03. The van der Waals surface area contributed by atoms with Crippen LogP contribution in [0.1, 0.15) is 26.0 Å². The largest absolute Gasteiger partial charge is 0.477 e. The highest BCUT2D eigenvalue weighted by Gasteiger charge is 2.35. The van der Waals surface area contributed by atoms with Crippen LogP contribution in [-0.2, 0) is 4.74 Å². The fourth-order valence-corrected chi connectivity index (χ4v) is 2.41. The minimum Gasteiger partial charge on any atom is -0.477 e. The molecule has 0 bridgehead atoms. The van der Waals surface area contributed by atoms with E-state index < -0.39 is 18.4 Å². The van der Waals surface area contributed by atoms with Crippen molar-refractivity contribution >= 4 is 17.0 Å². The molecule has 2 aromatic rings. The van der Waals surface area contributed by atoms with Gasteiger partial charge in [-0.15, -0.1) is 5.10 Å². The molecule has 4 N–H and O–H groups in total. The molecule has 9 nitrogen and oxygen atoms in total. The summed E-state index contributed by atoms with van der Waals surface area (Å²) in [5, 5.41) is 23.9. The van der Waals surface area contributed by atoms with Crippen LogP contribution < -0.4 is 10.5 Å². The number of nitrogens with two attached hydrogens (primary N) is 1. The van der Waals surface area contributed by atoms with Crippen LogP contribution in [-0.4, -0.2) is 55.4 Å². The number of hydrogen-bond donors (Lipinski definition) is 3. The first-order valence-electron chi connectivity index (χ1n) is 7.22. The van der Waals surface area contributed by atoms with E-state index in [4.69, 9.17) is 20.3 Å². The van der Waals surface area contributed by atoms with E-state index in [1.54, 1.807) is 10.9 Å². The van der Waals surface area contributed by atoms with Gasteiger partial charge < -0.3 is 25.4 Å². The number of nitrogens with zero attached hydrogens (tertiary/aromatic N) is 4. The number of hydrogen-bond acceptors (Lipinski definition) is 8. The minimum atomic E-state index is -0.728. The molecule has 3 rings (SSSR count). The molecule has 120 valence electrons. The van der Waals surface area contributed by atoms with Gasteiger partial charge in [-0.25, -0.2) is 4.68 Å². The summed E-state index contributed by atoms with van der Waals surface area (Å²) >= 11 is 0. The van der Waals surface area contributed by atoms with Gasteiger partial charge in [0, 0.05) is 12.6 Å². The number of aliphatic hydroxyl groups is 2. The van der Waals surface area contributed by atoms with E-state index in [-0.39, 0.29) is 12.6 Å². The molecular formula is C13H19N5O4. The van der Waals surface area contributed by atoms with Crippen molar-refractivity contribution in [2.75, 3.05) is 18.9 Å². The summed E-state index contributed by atoms with van der Waals surface area (Å²) in [5.41, 5.74) is 6.08. The van der Waals surface area contributed by atoms with Gasteiger partial charge in [0.05, 0.1) is 19.3 Å². The van der Waals surface area contributed by atoms with Gasteiger partial charge in [-0.1, -0.05) is 6.92 Å². The van der Waals surface area contributed by atoms with Crippen molar-refractivity contribution in [2.24, 2.45) is 0 Å². The van der Waals surface area contributed by atoms with Crippen LogP contribution in [0.5, 0.6) is 5.88 Å². The molecule has 2 aromatic heterocycles. The standard InChI is InChI=1S/C13H19N5O4/c1-2-3-21-12-7-5-18(17-11(7)15-13(14)16-12)10-4-8(20)9(6-19)22-10/h5,8-10,19-20H,2-4,6H2,1H3,(H2,14,15,17)/t8-,9+,10+/m0/s1. The van der Waals surface area contributed by atoms with Crippen LogP contribution in [0, 0.1) is 0 Å². The summed E-state index contributed by atoms with van der Waals surface area (Å²) in [6.45, 7) is 2.27. The molecule has 22 heavy (non-hydrogen) atoms. The van der Waals surface area contributed by atoms with Crippen LogP contribution in [0.15, 0.2) is 6.20 Å². The number of anilines is 1. The average molecular weight is 309 g/mol.